The number of carbonyl (C=O) groups is 1. The first-order valence-corrected chi connectivity index (χ1v) is 12.1. The molecule has 1 unspecified atom stereocenters. The van der Waals surface area contributed by atoms with E-state index in [9.17, 15) is 4.79 Å². The molecule has 2 aliphatic heterocycles. The fourth-order valence-electron chi connectivity index (χ4n) is 4.00. The minimum atomic E-state index is -0.747. The summed E-state index contributed by atoms with van der Waals surface area (Å²) in [5, 5.41) is 15.4. The van der Waals surface area contributed by atoms with Gasteiger partial charge in [-0.3, -0.25) is 4.79 Å². The Balaban J connectivity index is 1.67. The maximum Gasteiger partial charge on any atom is 0.208 e. The predicted molar refractivity (Wildman–Crippen MR) is 139 cm³/mol. The lowest BCUT2D eigenvalue weighted by atomic mass is 10.0. The Bertz CT molecular complexity index is 1260. The summed E-state index contributed by atoms with van der Waals surface area (Å²) in [6.07, 6.45) is 1.39. The van der Waals surface area contributed by atoms with Crippen LogP contribution in [0.1, 0.15) is 25.3 Å². The van der Waals surface area contributed by atoms with Crippen LogP contribution < -0.4 is 10.0 Å². The third-order valence-corrected chi connectivity index (χ3v) is 7.48. The number of Topliss-reactive ketones (excluding diaryl/α,β-unsaturated/α-hetero) is 1. The number of rotatable bonds is 4. The molecule has 0 bridgehead atoms. The Labute approximate surface area is 206 Å². The zero-order valence-corrected chi connectivity index (χ0v) is 20.1. The largest absolute Gasteiger partial charge is 0.292 e. The maximum absolute atomic E-state index is 12.4. The highest BCUT2D eigenvalue weighted by Crippen LogP contribution is 2.50. The first-order valence-electron chi connectivity index (χ1n) is 10.5. The van der Waals surface area contributed by atoms with Crippen molar-refractivity contribution in [2.24, 2.45) is 10.2 Å². The first-order chi connectivity index (χ1) is 16.0. The van der Waals surface area contributed by atoms with Gasteiger partial charge in [0.2, 0.25) is 4.99 Å². The monoisotopic (exact) mass is 494 g/mol. The number of hydrogen-bond donors (Lipinski definition) is 0. The average Bonchev–Trinajstić information content (AvgIpc) is 3.21. The Kier molecular flexibility index (Phi) is 5.91. The molecule has 166 valence electrons. The maximum atomic E-state index is 12.4. The van der Waals surface area contributed by atoms with Crippen molar-refractivity contribution in [2.75, 3.05) is 10.0 Å². The van der Waals surface area contributed by atoms with E-state index in [1.54, 1.807) is 6.92 Å². The van der Waals surface area contributed by atoms with Crippen molar-refractivity contribution in [3.8, 4) is 0 Å². The molecule has 2 heterocycles. The van der Waals surface area contributed by atoms with E-state index < -0.39 is 4.99 Å². The second-order valence-corrected chi connectivity index (χ2v) is 9.92. The van der Waals surface area contributed by atoms with Crippen molar-refractivity contribution < 1.29 is 4.79 Å². The second-order valence-electron chi connectivity index (χ2n) is 7.80. The van der Waals surface area contributed by atoms with Gasteiger partial charge in [0.05, 0.1) is 17.1 Å². The molecule has 2 aliphatic rings. The average molecular weight is 495 g/mol. The number of carbonyl (C=O) groups excluding carboxylic acids is 1. The summed E-state index contributed by atoms with van der Waals surface area (Å²) >= 11 is 13.9. The summed E-state index contributed by atoms with van der Waals surface area (Å²) in [5.74, 6) is -0.0793. The Morgan fingerprint density at radius 1 is 0.879 bits per heavy atom. The highest BCUT2D eigenvalue weighted by atomic mass is 35.5. The van der Waals surface area contributed by atoms with Crippen LogP contribution >= 0.6 is 35.0 Å². The minimum absolute atomic E-state index is 0.0793. The smallest absolute Gasteiger partial charge is 0.208 e. The molecule has 1 spiro atoms. The van der Waals surface area contributed by atoms with Crippen LogP contribution in [-0.2, 0) is 4.79 Å². The fraction of sp³-hybridized carbons (Fsp3) is 0.160. The van der Waals surface area contributed by atoms with E-state index in [1.807, 2.05) is 88.9 Å². The SMILES string of the molecule is CC(=O)C1=NN(c2cccc(Cl)c2)C2(CCC(c3ccc(Cl)cc3)=NN2c2ccccc2)S1. The zero-order valence-electron chi connectivity index (χ0n) is 17.8. The van der Waals surface area contributed by atoms with E-state index >= 15 is 0 Å². The molecular formula is C25H20Cl2N4OS. The van der Waals surface area contributed by atoms with Crippen molar-refractivity contribution in [2.45, 2.75) is 24.8 Å². The van der Waals surface area contributed by atoms with Gasteiger partial charge in [0.1, 0.15) is 0 Å². The van der Waals surface area contributed by atoms with Crippen molar-refractivity contribution >= 4 is 62.9 Å². The predicted octanol–water partition coefficient (Wildman–Crippen LogP) is 6.81. The lowest BCUT2D eigenvalue weighted by Gasteiger charge is -2.46. The Morgan fingerprint density at radius 3 is 2.27 bits per heavy atom. The van der Waals surface area contributed by atoms with E-state index in [0.717, 1.165) is 22.6 Å². The van der Waals surface area contributed by atoms with E-state index in [0.29, 0.717) is 27.9 Å². The third kappa shape index (κ3) is 4.14. The van der Waals surface area contributed by atoms with E-state index in [1.165, 1.54) is 11.8 Å². The number of halogens is 2. The van der Waals surface area contributed by atoms with Crippen LogP contribution in [-0.4, -0.2) is 21.5 Å². The van der Waals surface area contributed by atoms with Crippen LogP contribution in [0.4, 0.5) is 11.4 Å². The van der Waals surface area contributed by atoms with Gasteiger partial charge in [0, 0.05) is 23.4 Å². The molecule has 3 aromatic carbocycles. The zero-order chi connectivity index (χ0) is 23.0. The van der Waals surface area contributed by atoms with Gasteiger partial charge in [0.15, 0.2) is 10.8 Å². The van der Waals surface area contributed by atoms with E-state index in [-0.39, 0.29) is 5.78 Å². The van der Waals surface area contributed by atoms with Crippen LogP contribution in [0.25, 0.3) is 0 Å². The molecule has 8 heteroatoms. The lowest BCUT2D eigenvalue weighted by Crippen LogP contribution is -2.56. The van der Waals surface area contributed by atoms with Crippen molar-refractivity contribution in [1.29, 1.82) is 0 Å². The van der Waals surface area contributed by atoms with Crippen LogP contribution in [0.3, 0.4) is 0 Å². The van der Waals surface area contributed by atoms with Gasteiger partial charge in [-0.05, 0) is 66.2 Å². The quantitative estimate of drug-likeness (QED) is 0.399. The number of nitrogens with zero attached hydrogens (tertiary/aromatic N) is 4. The third-order valence-electron chi connectivity index (χ3n) is 5.55. The molecular weight excluding hydrogens is 475 g/mol. The number of hydrogen-bond acceptors (Lipinski definition) is 6. The Hall–Kier alpha value is -2.80. The molecule has 0 saturated carbocycles. The van der Waals surface area contributed by atoms with Crippen LogP contribution in [0.2, 0.25) is 10.0 Å². The number of anilines is 2. The molecule has 0 aliphatic carbocycles. The van der Waals surface area contributed by atoms with Gasteiger partial charge in [0.25, 0.3) is 0 Å². The topological polar surface area (TPSA) is 48.3 Å². The standard InChI is InChI=1S/C25H20Cl2N4OS/c1-17(32)24-29-31(22-9-5-6-20(27)16-22)25(33-24)15-14-23(18-10-12-19(26)13-11-18)28-30(25)21-7-3-2-4-8-21/h2-13,16H,14-15H2,1H3. The molecule has 0 N–H and O–H groups in total. The van der Waals surface area contributed by atoms with Crippen LogP contribution in [0.5, 0.6) is 0 Å². The summed E-state index contributed by atoms with van der Waals surface area (Å²) in [5.41, 5.74) is 3.67. The van der Waals surface area contributed by atoms with Crippen LogP contribution in [0.15, 0.2) is 89.1 Å². The number of para-hydroxylation sites is 1. The van der Waals surface area contributed by atoms with E-state index in [4.69, 9.17) is 33.4 Å². The summed E-state index contributed by atoms with van der Waals surface area (Å²) in [6, 6.07) is 25.2. The van der Waals surface area contributed by atoms with Crippen LogP contribution in [0, 0.1) is 0 Å². The van der Waals surface area contributed by atoms with E-state index in [2.05, 4.69) is 0 Å². The molecule has 0 amide bonds. The van der Waals surface area contributed by atoms with Gasteiger partial charge in [-0.15, -0.1) is 0 Å². The fourth-order valence-corrected chi connectivity index (χ4v) is 5.55. The molecule has 0 radical (unpaired) electrons. The number of thioether (sulfide) groups is 1. The van der Waals surface area contributed by atoms with Crippen molar-refractivity contribution in [3.63, 3.8) is 0 Å². The molecule has 5 nitrogen and oxygen atoms in total. The molecule has 5 rings (SSSR count). The summed E-state index contributed by atoms with van der Waals surface area (Å²) in [6.45, 7) is 1.54. The Morgan fingerprint density at radius 2 is 1.58 bits per heavy atom. The molecule has 0 aromatic heterocycles. The molecule has 3 aromatic rings. The van der Waals surface area contributed by atoms with Gasteiger partial charge in [-0.2, -0.15) is 10.2 Å². The van der Waals surface area contributed by atoms with Gasteiger partial charge in [-0.1, -0.05) is 59.6 Å². The number of hydrazone groups is 2. The van der Waals surface area contributed by atoms with Crippen molar-refractivity contribution in [3.05, 3.63) is 94.5 Å². The van der Waals surface area contributed by atoms with Gasteiger partial charge < -0.3 is 0 Å². The highest BCUT2D eigenvalue weighted by molar-refractivity contribution is 8.17. The number of ketones is 1. The molecule has 0 saturated heterocycles. The summed E-state index contributed by atoms with van der Waals surface area (Å²) < 4.78 is 0. The molecule has 1 atom stereocenters. The van der Waals surface area contributed by atoms with Gasteiger partial charge in [-0.25, -0.2) is 10.0 Å². The second kappa shape index (κ2) is 8.86. The minimum Gasteiger partial charge on any atom is -0.292 e. The van der Waals surface area contributed by atoms with Gasteiger partial charge >= 0.3 is 0 Å². The molecule has 33 heavy (non-hydrogen) atoms. The lowest BCUT2D eigenvalue weighted by molar-refractivity contribution is -0.110. The highest BCUT2D eigenvalue weighted by Gasteiger charge is 2.52. The van der Waals surface area contributed by atoms with Crippen molar-refractivity contribution in [1.82, 2.24) is 0 Å². The molecule has 0 fully saturated rings. The summed E-state index contributed by atoms with van der Waals surface area (Å²) in [4.78, 5) is 11.7. The number of benzene rings is 3. The normalized spacial score (nSPS) is 20.1. The first kappa shape index (κ1) is 22.0. The summed E-state index contributed by atoms with van der Waals surface area (Å²) in [7, 11) is 0.